The summed E-state index contributed by atoms with van der Waals surface area (Å²) >= 11 is 3.66. The van der Waals surface area contributed by atoms with E-state index in [1.54, 1.807) is 4.57 Å². The van der Waals surface area contributed by atoms with E-state index >= 15 is 0 Å². The Morgan fingerprint density at radius 1 is 1.10 bits per heavy atom. The van der Waals surface area contributed by atoms with Crippen LogP contribution in [0.15, 0.2) is 28.7 Å². The van der Waals surface area contributed by atoms with Crippen molar-refractivity contribution >= 4 is 32.9 Å². The zero-order chi connectivity index (χ0) is 16.0. The Bertz CT molecular complexity index is 687. The average molecular weight is 352 g/mol. The van der Waals surface area contributed by atoms with Crippen molar-refractivity contribution in [2.24, 2.45) is 0 Å². The Morgan fingerprint density at radius 2 is 1.67 bits per heavy atom. The van der Waals surface area contributed by atoms with Gasteiger partial charge in [0, 0.05) is 21.0 Å². The smallest absolute Gasteiger partial charge is 0.419 e. The van der Waals surface area contributed by atoms with Crippen LogP contribution in [-0.4, -0.2) is 16.3 Å². The van der Waals surface area contributed by atoms with E-state index in [1.807, 2.05) is 45.0 Å². The standard InChI is InChI=1S/C17H22BrNO2/c1-16(2,3)14-13(18)11-9-7-8-10-12(11)19(14)15(20)21-17(4,5)6/h7-10H,1-6H3. The second-order valence-electron chi connectivity index (χ2n) is 7.25. The maximum Gasteiger partial charge on any atom is 0.419 e. The molecule has 2 aromatic rings. The van der Waals surface area contributed by atoms with Crippen LogP contribution in [-0.2, 0) is 10.2 Å². The number of carbonyl (C=O) groups is 1. The Labute approximate surface area is 134 Å². The van der Waals surface area contributed by atoms with E-state index in [-0.39, 0.29) is 11.5 Å². The molecule has 1 aromatic carbocycles. The van der Waals surface area contributed by atoms with Crippen molar-refractivity contribution in [3.63, 3.8) is 0 Å². The van der Waals surface area contributed by atoms with Crippen LogP contribution < -0.4 is 0 Å². The summed E-state index contributed by atoms with van der Waals surface area (Å²) in [6.45, 7) is 11.9. The van der Waals surface area contributed by atoms with E-state index in [0.29, 0.717) is 0 Å². The molecule has 1 aromatic heterocycles. The van der Waals surface area contributed by atoms with Gasteiger partial charge in [0.2, 0.25) is 0 Å². The molecule has 0 aliphatic carbocycles. The highest BCUT2D eigenvalue weighted by Gasteiger charge is 2.30. The van der Waals surface area contributed by atoms with Crippen molar-refractivity contribution in [3.05, 3.63) is 34.4 Å². The van der Waals surface area contributed by atoms with Crippen LogP contribution >= 0.6 is 15.9 Å². The summed E-state index contributed by atoms with van der Waals surface area (Å²) in [6.07, 6.45) is -0.339. The number of rotatable bonds is 0. The van der Waals surface area contributed by atoms with Crippen molar-refractivity contribution in [2.45, 2.75) is 52.6 Å². The van der Waals surface area contributed by atoms with Gasteiger partial charge >= 0.3 is 6.09 Å². The molecule has 0 aliphatic heterocycles. The summed E-state index contributed by atoms with van der Waals surface area (Å²) in [4.78, 5) is 12.7. The first-order chi connectivity index (χ1) is 9.52. The van der Waals surface area contributed by atoms with Crippen LogP contribution in [0.3, 0.4) is 0 Å². The minimum Gasteiger partial charge on any atom is -0.443 e. The van der Waals surface area contributed by atoms with Gasteiger partial charge in [0.15, 0.2) is 0 Å². The van der Waals surface area contributed by atoms with Crippen LogP contribution in [0.2, 0.25) is 0 Å². The quantitative estimate of drug-likeness (QED) is 0.628. The lowest BCUT2D eigenvalue weighted by Crippen LogP contribution is -2.30. The number of fused-ring (bicyclic) bond motifs is 1. The molecule has 0 aliphatic rings. The number of hydrogen-bond donors (Lipinski definition) is 0. The number of hydrogen-bond acceptors (Lipinski definition) is 2. The molecule has 21 heavy (non-hydrogen) atoms. The van der Waals surface area contributed by atoms with Gasteiger partial charge in [-0.05, 0) is 42.8 Å². The van der Waals surface area contributed by atoms with E-state index in [1.165, 1.54) is 0 Å². The second-order valence-corrected chi connectivity index (χ2v) is 8.04. The van der Waals surface area contributed by atoms with Gasteiger partial charge < -0.3 is 4.74 Å². The highest BCUT2D eigenvalue weighted by molar-refractivity contribution is 9.10. The lowest BCUT2D eigenvalue weighted by Gasteiger charge is -2.25. The minimum atomic E-state index is -0.524. The summed E-state index contributed by atoms with van der Waals surface area (Å²) in [5.74, 6) is 0. The predicted octanol–water partition coefficient (Wildman–Crippen LogP) is 5.48. The number of aromatic nitrogens is 1. The first-order valence-corrected chi connectivity index (χ1v) is 7.84. The molecular weight excluding hydrogens is 330 g/mol. The Hall–Kier alpha value is -1.29. The van der Waals surface area contributed by atoms with Gasteiger partial charge in [0.1, 0.15) is 5.60 Å². The molecule has 0 saturated heterocycles. The first-order valence-electron chi connectivity index (χ1n) is 7.05. The molecule has 0 saturated carbocycles. The summed E-state index contributed by atoms with van der Waals surface area (Å²) < 4.78 is 8.22. The molecule has 3 nitrogen and oxygen atoms in total. The van der Waals surface area contributed by atoms with Gasteiger partial charge in [-0.2, -0.15) is 0 Å². The van der Waals surface area contributed by atoms with E-state index < -0.39 is 5.60 Å². The van der Waals surface area contributed by atoms with E-state index in [4.69, 9.17) is 4.74 Å². The zero-order valence-corrected chi connectivity index (χ0v) is 15.0. The number of para-hydroxylation sites is 1. The molecule has 4 heteroatoms. The Balaban J connectivity index is 2.74. The van der Waals surface area contributed by atoms with Crippen LogP contribution in [0.1, 0.15) is 47.2 Å². The maximum absolute atomic E-state index is 12.7. The number of nitrogens with zero attached hydrogens (tertiary/aromatic N) is 1. The number of carbonyl (C=O) groups excluding carboxylic acids is 1. The zero-order valence-electron chi connectivity index (χ0n) is 13.5. The molecular formula is C17H22BrNO2. The van der Waals surface area contributed by atoms with Crippen molar-refractivity contribution in [3.8, 4) is 0 Å². The van der Waals surface area contributed by atoms with Gasteiger partial charge in [-0.1, -0.05) is 39.0 Å². The largest absolute Gasteiger partial charge is 0.443 e. The monoisotopic (exact) mass is 351 g/mol. The summed E-state index contributed by atoms with van der Waals surface area (Å²) in [5.41, 5.74) is 1.08. The van der Waals surface area contributed by atoms with Crippen LogP contribution in [0.4, 0.5) is 4.79 Å². The highest BCUT2D eigenvalue weighted by Crippen LogP contribution is 2.38. The Kier molecular flexibility index (Phi) is 3.96. The third kappa shape index (κ3) is 3.15. The normalized spacial score (nSPS) is 12.7. The van der Waals surface area contributed by atoms with Crippen molar-refractivity contribution < 1.29 is 9.53 Å². The summed E-state index contributed by atoms with van der Waals surface area (Å²) in [6, 6.07) is 7.86. The summed E-state index contributed by atoms with van der Waals surface area (Å²) in [7, 11) is 0. The topological polar surface area (TPSA) is 31.2 Å². The fourth-order valence-corrected chi connectivity index (χ4v) is 3.47. The van der Waals surface area contributed by atoms with Crippen LogP contribution in [0.5, 0.6) is 0 Å². The van der Waals surface area contributed by atoms with Gasteiger partial charge in [0.25, 0.3) is 0 Å². The third-order valence-corrected chi connectivity index (χ3v) is 3.90. The number of halogens is 1. The molecule has 2 rings (SSSR count). The molecule has 0 radical (unpaired) electrons. The van der Waals surface area contributed by atoms with Crippen LogP contribution in [0, 0.1) is 0 Å². The SMILES string of the molecule is CC(C)(C)OC(=O)n1c(C(C)(C)C)c(Br)c2ccccc21. The third-order valence-electron chi connectivity index (χ3n) is 3.10. The number of benzene rings is 1. The minimum absolute atomic E-state index is 0.186. The molecule has 0 amide bonds. The second kappa shape index (κ2) is 5.16. The number of ether oxygens (including phenoxy) is 1. The molecule has 0 bridgehead atoms. The average Bonchev–Trinajstić information content (AvgIpc) is 2.61. The molecule has 114 valence electrons. The Morgan fingerprint density at radius 3 is 2.19 bits per heavy atom. The van der Waals surface area contributed by atoms with E-state index in [2.05, 4.69) is 36.7 Å². The molecule has 0 unspecified atom stereocenters. The molecule has 0 N–H and O–H groups in total. The van der Waals surface area contributed by atoms with Crippen LogP contribution in [0.25, 0.3) is 10.9 Å². The fraction of sp³-hybridized carbons (Fsp3) is 0.471. The molecule has 0 spiro atoms. The van der Waals surface area contributed by atoms with Gasteiger partial charge in [-0.3, -0.25) is 0 Å². The molecule has 1 heterocycles. The summed E-state index contributed by atoms with van der Waals surface area (Å²) in [5, 5.41) is 1.02. The lowest BCUT2D eigenvalue weighted by molar-refractivity contribution is 0.0535. The van der Waals surface area contributed by atoms with Gasteiger partial charge in [0.05, 0.1) is 5.52 Å². The fourth-order valence-electron chi connectivity index (χ4n) is 2.36. The van der Waals surface area contributed by atoms with E-state index in [0.717, 1.165) is 21.1 Å². The van der Waals surface area contributed by atoms with Crippen molar-refractivity contribution in [2.75, 3.05) is 0 Å². The molecule has 0 atom stereocenters. The first kappa shape index (κ1) is 16.1. The van der Waals surface area contributed by atoms with Gasteiger partial charge in [-0.25, -0.2) is 9.36 Å². The highest BCUT2D eigenvalue weighted by atomic mass is 79.9. The predicted molar refractivity (Wildman–Crippen MR) is 90.0 cm³/mol. The van der Waals surface area contributed by atoms with Gasteiger partial charge in [-0.15, -0.1) is 0 Å². The maximum atomic E-state index is 12.7. The van der Waals surface area contributed by atoms with Crippen molar-refractivity contribution in [1.82, 2.24) is 4.57 Å². The molecule has 0 fully saturated rings. The van der Waals surface area contributed by atoms with Crippen molar-refractivity contribution in [1.29, 1.82) is 0 Å². The lowest BCUT2D eigenvalue weighted by atomic mass is 9.92. The van der Waals surface area contributed by atoms with E-state index in [9.17, 15) is 4.79 Å².